The van der Waals surface area contributed by atoms with Crippen molar-refractivity contribution in [2.75, 3.05) is 32.8 Å². The molecule has 150 valence electrons. The van der Waals surface area contributed by atoms with Crippen molar-refractivity contribution in [2.24, 2.45) is 0 Å². The number of ether oxygens (including phenoxy) is 1. The summed E-state index contributed by atoms with van der Waals surface area (Å²) < 4.78 is 37.0. The molecule has 9 heteroatoms. The zero-order chi connectivity index (χ0) is 19.5. The van der Waals surface area contributed by atoms with Crippen LogP contribution < -0.4 is 4.74 Å². The van der Waals surface area contributed by atoms with E-state index < -0.39 is 11.6 Å². The molecule has 1 saturated heterocycles. The fourth-order valence-corrected chi connectivity index (χ4v) is 3.23. The van der Waals surface area contributed by atoms with Gasteiger partial charge in [0.1, 0.15) is 5.82 Å². The molecular formula is C19H22F2N4O3. The van der Waals surface area contributed by atoms with Crippen molar-refractivity contribution in [1.29, 1.82) is 0 Å². The van der Waals surface area contributed by atoms with Crippen LogP contribution in [-0.4, -0.2) is 58.6 Å². The number of benzene rings is 1. The normalized spacial score (nSPS) is 18.1. The van der Waals surface area contributed by atoms with Crippen molar-refractivity contribution in [3.8, 4) is 5.75 Å². The lowest BCUT2D eigenvalue weighted by Crippen LogP contribution is -2.38. The number of nitrogens with zero attached hydrogens (tertiary/aromatic N) is 4. The Kier molecular flexibility index (Phi) is 5.52. The highest BCUT2D eigenvalue weighted by atomic mass is 19.1. The summed E-state index contributed by atoms with van der Waals surface area (Å²) in [5.74, 6) is -0.0147. The summed E-state index contributed by atoms with van der Waals surface area (Å²) in [5, 5.41) is 4.04. The van der Waals surface area contributed by atoms with Crippen molar-refractivity contribution in [3.05, 3.63) is 41.5 Å². The minimum atomic E-state index is -0.819. The Hall–Kier alpha value is -2.55. The van der Waals surface area contributed by atoms with Crippen molar-refractivity contribution in [1.82, 2.24) is 19.9 Å². The molecule has 2 heterocycles. The molecule has 2 aromatic rings. The highest BCUT2D eigenvalue weighted by molar-refractivity contribution is 5.77. The van der Waals surface area contributed by atoms with Crippen LogP contribution in [0.25, 0.3) is 0 Å². The zero-order valence-electron chi connectivity index (χ0n) is 15.4. The summed E-state index contributed by atoms with van der Waals surface area (Å²) in [6, 6.07) is 3.01. The highest BCUT2D eigenvalue weighted by Crippen LogP contribution is 2.38. The van der Waals surface area contributed by atoms with E-state index in [2.05, 4.69) is 15.0 Å². The minimum absolute atomic E-state index is 0.130. The van der Waals surface area contributed by atoms with Gasteiger partial charge < -0.3 is 14.2 Å². The Morgan fingerprint density at radius 2 is 2.07 bits per heavy atom. The van der Waals surface area contributed by atoms with E-state index in [1.54, 1.807) is 4.90 Å². The van der Waals surface area contributed by atoms with Gasteiger partial charge in [-0.25, -0.2) is 8.78 Å². The lowest BCUT2D eigenvalue weighted by Gasteiger charge is -2.21. The first-order valence-electron chi connectivity index (χ1n) is 9.49. The number of rotatable bonds is 6. The molecule has 0 bridgehead atoms. The van der Waals surface area contributed by atoms with Gasteiger partial charge in [0.2, 0.25) is 5.89 Å². The van der Waals surface area contributed by atoms with Gasteiger partial charge in [-0.1, -0.05) is 5.16 Å². The van der Waals surface area contributed by atoms with Gasteiger partial charge in [-0.05, 0) is 31.4 Å². The molecule has 28 heavy (non-hydrogen) atoms. The smallest absolute Gasteiger partial charge is 0.260 e. The maximum absolute atomic E-state index is 13.6. The number of carbonyl (C=O) groups is 1. The van der Waals surface area contributed by atoms with E-state index in [9.17, 15) is 13.6 Å². The molecule has 1 aliphatic heterocycles. The molecule has 2 fully saturated rings. The maximum atomic E-state index is 13.6. The molecule has 0 N–H and O–H groups in total. The van der Waals surface area contributed by atoms with Crippen molar-refractivity contribution in [2.45, 2.75) is 31.7 Å². The van der Waals surface area contributed by atoms with Crippen molar-refractivity contribution in [3.63, 3.8) is 0 Å². The van der Waals surface area contributed by atoms with Crippen LogP contribution >= 0.6 is 0 Å². The molecule has 1 aromatic heterocycles. The third-order valence-corrected chi connectivity index (χ3v) is 4.96. The second kappa shape index (κ2) is 8.22. The summed E-state index contributed by atoms with van der Waals surface area (Å²) in [6.45, 7) is 2.97. The van der Waals surface area contributed by atoms with Crippen LogP contribution in [0.3, 0.4) is 0 Å². The molecular weight excluding hydrogens is 370 g/mol. The van der Waals surface area contributed by atoms with E-state index in [1.807, 2.05) is 0 Å². The lowest BCUT2D eigenvalue weighted by molar-refractivity contribution is -0.133. The van der Waals surface area contributed by atoms with Gasteiger partial charge in [0, 0.05) is 38.2 Å². The number of amides is 1. The van der Waals surface area contributed by atoms with E-state index in [0.717, 1.165) is 43.8 Å². The van der Waals surface area contributed by atoms with Crippen LogP contribution in [0, 0.1) is 11.6 Å². The lowest BCUT2D eigenvalue weighted by atomic mass is 10.3. The molecule has 1 amide bonds. The predicted octanol–water partition coefficient (Wildman–Crippen LogP) is 2.34. The minimum Gasteiger partial charge on any atom is -0.481 e. The molecule has 0 unspecified atom stereocenters. The Bertz CT molecular complexity index is 840. The van der Waals surface area contributed by atoms with Gasteiger partial charge in [-0.15, -0.1) is 0 Å². The van der Waals surface area contributed by atoms with Crippen LogP contribution in [0.2, 0.25) is 0 Å². The van der Waals surface area contributed by atoms with Gasteiger partial charge >= 0.3 is 0 Å². The molecule has 1 aromatic carbocycles. The molecule has 7 nitrogen and oxygen atoms in total. The van der Waals surface area contributed by atoms with E-state index in [-0.39, 0.29) is 18.3 Å². The summed E-state index contributed by atoms with van der Waals surface area (Å²) in [4.78, 5) is 20.7. The topological polar surface area (TPSA) is 71.7 Å². The SMILES string of the molecule is O=C(COc1ccc(F)cc1F)N1CCCN(Cc2noc(C3CC3)n2)CC1. The molecule has 4 rings (SSSR count). The number of hydrogen-bond acceptors (Lipinski definition) is 6. The largest absolute Gasteiger partial charge is 0.481 e. The molecule has 0 atom stereocenters. The second-order valence-corrected chi connectivity index (χ2v) is 7.20. The Labute approximate surface area is 161 Å². The fourth-order valence-electron chi connectivity index (χ4n) is 3.23. The number of carbonyl (C=O) groups excluding carboxylic acids is 1. The van der Waals surface area contributed by atoms with Gasteiger partial charge in [-0.3, -0.25) is 9.69 Å². The quantitative estimate of drug-likeness (QED) is 0.752. The molecule has 1 saturated carbocycles. The Morgan fingerprint density at radius 1 is 1.21 bits per heavy atom. The molecule has 0 radical (unpaired) electrons. The summed E-state index contributed by atoms with van der Waals surface area (Å²) >= 11 is 0. The van der Waals surface area contributed by atoms with E-state index in [4.69, 9.17) is 9.26 Å². The number of hydrogen-bond donors (Lipinski definition) is 0. The van der Waals surface area contributed by atoms with Crippen LogP contribution in [-0.2, 0) is 11.3 Å². The Morgan fingerprint density at radius 3 is 2.86 bits per heavy atom. The summed E-state index contributed by atoms with van der Waals surface area (Å²) in [7, 11) is 0. The first kappa shape index (κ1) is 18.8. The van der Waals surface area contributed by atoms with E-state index in [1.165, 1.54) is 6.07 Å². The van der Waals surface area contributed by atoms with Gasteiger partial charge in [-0.2, -0.15) is 4.98 Å². The fraction of sp³-hybridized carbons (Fsp3) is 0.526. The number of aromatic nitrogens is 2. The molecule has 1 aliphatic carbocycles. The van der Waals surface area contributed by atoms with Gasteiger partial charge in [0.15, 0.2) is 24.0 Å². The average Bonchev–Trinajstić information content (AvgIpc) is 3.45. The van der Waals surface area contributed by atoms with Crippen LogP contribution in [0.15, 0.2) is 22.7 Å². The maximum Gasteiger partial charge on any atom is 0.260 e. The first-order valence-corrected chi connectivity index (χ1v) is 9.49. The monoisotopic (exact) mass is 392 g/mol. The van der Waals surface area contributed by atoms with E-state index >= 15 is 0 Å². The highest BCUT2D eigenvalue weighted by Gasteiger charge is 2.30. The zero-order valence-corrected chi connectivity index (χ0v) is 15.4. The Balaban J connectivity index is 1.26. The standard InChI is InChI=1S/C19H22F2N4O3/c20-14-4-5-16(15(21)10-14)27-12-18(26)25-7-1-6-24(8-9-25)11-17-22-19(28-23-17)13-2-3-13/h4-5,10,13H,1-3,6-9,11-12H2. The average molecular weight is 392 g/mol. The first-order chi connectivity index (χ1) is 13.6. The molecule has 0 spiro atoms. The van der Waals surface area contributed by atoms with Crippen molar-refractivity contribution < 1.29 is 22.8 Å². The van der Waals surface area contributed by atoms with Crippen LogP contribution in [0.4, 0.5) is 8.78 Å². The van der Waals surface area contributed by atoms with E-state index in [0.29, 0.717) is 37.9 Å². The third-order valence-electron chi connectivity index (χ3n) is 4.96. The van der Waals surface area contributed by atoms with Gasteiger partial charge in [0.05, 0.1) is 6.54 Å². The van der Waals surface area contributed by atoms with Crippen molar-refractivity contribution >= 4 is 5.91 Å². The summed E-state index contributed by atoms with van der Waals surface area (Å²) in [5.41, 5.74) is 0. The van der Waals surface area contributed by atoms with Crippen LogP contribution in [0.5, 0.6) is 5.75 Å². The third kappa shape index (κ3) is 4.64. The summed E-state index contributed by atoms with van der Waals surface area (Å²) in [6.07, 6.45) is 3.04. The van der Waals surface area contributed by atoms with Gasteiger partial charge in [0.25, 0.3) is 5.91 Å². The molecule has 2 aliphatic rings. The second-order valence-electron chi connectivity index (χ2n) is 7.20. The van der Waals surface area contributed by atoms with Crippen LogP contribution in [0.1, 0.15) is 36.9 Å². The number of halogens is 2. The predicted molar refractivity (Wildman–Crippen MR) is 94.6 cm³/mol.